The number of benzene rings is 2. The minimum atomic E-state index is -0.623. The monoisotopic (exact) mass is 468 g/mol. The van der Waals surface area contributed by atoms with Crippen LogP contribution in [-0.2, 0) is 36.1 Å². The van der Waals surface area contributed by atoms with Crippen molar-refractivity contribution in [3.05, 3.63) is 114 Å². The molecule has 0 saturated carbocycles. The summed E-state index contributed by atoms with van der Waals surface area (Å²) in [6.45, 7) is 0. The molecule has 2 aromatic carbocycles. The van der Waals surface area contributed by atoms with Crippen LogP contribution in [-0.4, -0.2) is 0 Å². The second kappa shape index (κ2) is 12.0. The molecule has 3 heteroatoms. The van der Waals surface area contributed by atoms with E-state index in [9.17, 15) is 0 Å². The molecule has 0 unspecified atom stereocenters. The van der Waals surface area contributed by atoms with E-state index in [4.69, 9.17) is 0 Å². The van der Waals surface area contributed by atoms with Crippen LogP contribution >= 0.6 is 0 Å². The topological polar surface area (TPSA) is 0 Å². The quantitative estimate of drug-likeness (QED) is 0.388. The fourth-order valence-corrected chi connectivity index (χ4v) is 7.65. The van der Waals surface area contributed by atoms with Crippen molar-refractivity contribution in [3.8, 4) is 0 Å². The van der Waals surface area contributed by atoms with Crippen LogP contribution in [0, 0.1) is 0 Å². The van der Waals surface area contributed by atoms with Crippen LogP contribution in [0.2, 0.25) is 0 Å². The third kappa shape index (κ3) is 6.57. The maximum atomic E-state index is 2.41. The number of rotatable bonds is 8. The molecule has 2 aliphatic carbocycles. The molecule has 0 bridgehead atoms. The van der Waals surface area contributed by atoms with Gasteiger partial charge in [0, 0.05) is 0 Å². The maximum absolute atomic E-state index is 2.41. The van der Waals surface area contributed by atoms with E-state index in [1.54, 1.807) is 11.1 Å². The largest absolute Gasteiger partial charge is 0.269 e. The first kappa shape index (κ1) is 23.4. The summed E-state index contributed by atoms with van der Waals surface area (Å²) in [6, 6.07) is 21.8. The molecular formula is C26H28F2Zr. The SMILES string of the molecule is C1=CC(CCc2ccccc2)=[C]([Zr][C]2=C(CCc3ccccc3)C=CC2)C1.F.F. The van der Waals surface area contributed by atoms with Gasteiger partial charge in [0.25, 0.3) is 0 Å². The molecule has 0 radical (unpaired) electrons. The molecule has 4 rings (SSSR count). The zero-order valence-corrected chi connectivity index (χ0v) is 19.1. The van der Waals surface area contributed by atoms with Crippen LogP contribution in [0.1, 0.15) is 36.8 Å². The summed E-state index contributed by atoms with van der Waals surface area (Å²) >= 11 is -0.623. The Balaban J connectivity index is 0.00000150. The summed E-state index contributed by atoms with van der Waals surface area (Å²) in [6.07, 6.45) is 16.8. The molecule has 150 valence electrons. The number of hydrogen-bond acceptors (Lipinski definition) is 0. The number of aryl methyl sites for hydroxylation is 2. The van der Waals surface area contributed by atoms with Crippen molar-refractivity contribution >= 4 is 0 Å². The van der Waals surface area contributed by atoms with Crippen LogP contribution in [0.4, 0.5) is 9.41 Å². The zero-order valence-electron chi connectivity index (χ0n) is 16.6. The molecule has 0 amide bonds. The third-order valence-corrected chi connectivity index (χ3v) is 9.48. The molecule has 0 aliphatic heterocycles. The van der Waals surface area contributed by atoms with Gasteiger partial charge in [-0.15, -0.1) is 0 Å². The van der Waals surface area contributed by atoms with Gasteiger partial charge in [-0.25, -0.2) is 0 Å². The van der Waals surface area contributed by atoms with E-state index in [0.717, 1.165) is 0 Å². The Labute approximate surface area is 184 Å². The maximum Gasteiger partial charge on any atom is -0.269 e. The summed E-state index contributed by atoms with van der Waals surface area (Å²) < 4.78 is 3.62. The molecule has 0 heterocycles. The zero-order chi connectivity index (χ0) is 18.3. The normalized spacial score (nSPS) is 14.8. The molecule has 0 fully saturated rings. The van der Waals surface area contributed by atoms with Crippen molar-refractivity contribution in [1.29, 1.82) is 0 Å². The molecule has 0 saturated heterocycles. The van der Waals surface area contributed by atoms with Gasteiger partial charge < -0.3 is 0 Å². The summed E-state index contributed by atoms with van der Waals surface area (Å²) in [5, 5.41) is 0. The molecule has 0 nitrogen and oxygen atoms in total. The van der Waals surface area contributed by atoms with Gasteiger partial charge in [-0.3, -0.25) is 9.41 Å². The van der Waals surface area contributed by atoms with E-state index >= 15 is 0 Å². The minimum absolute atomic E-state index is 0. The van der Waals surface area contributed by atoms with Gasteiger partial charge in [0.15, 0.2) is 0 Å². The van der Waals surface area contributed by atoms with Crippen molar-refractivity contribution in [3.63, 3.8) is 0 Å². The Bertz CT molecular complexity index is 817. The Hall–Kier alpha value is -1.86. The Kier molecular flexibility index (Phi) is 9.68. The first-order valence-corrected chi connectivity index (χ1v) is 12.5. The Morgan fingerprint density at radius 2 is 0.966 bits per heavy atom. The van der Waals surface area contributed by atoms with Gasteiger partial charge in [-0.1, -0.05) is 0 Å². The van der Waals surface area contributed by atoms with Crippen LogP contribution in [0.3, 0.4) is 0 Å². The van der Waals surface area contributed by atoms with Gasteiger partial charge in [-0.05, 0) is 0 Å². The van der Waals surface area contributed by atoms with E-state index in [1.807, 2.05) is 6.56 Å². The second-order valence-electron chi connectivity index (χ2n) is 7.32. The summed E-state index contributed by atoms with van der Waals surface area (Å²) in [4.78, 5) is 0. The van der Waals surface area contributed by atoms with E-state index in [0.29, 0.717) is 0 Å². The number of allylic oxidation sites excluding steroid dienone is 8. The molecule has 0 spiro atoms. The van der Waals surface area contributed by atoms with Crippen LogP contribution < -0.4 is 0 Å². The van der Waals surface area contributed by atoms with Crippen LogP contribution in [0.15, 0.2) is 103 Å². The van der Waals surface area contributed by atoms with E-state index in [-0.39, 0.29) is 9.41 Å². The van der Waals surface area contributed by atoms with Gasteiger partial charge >= 0.3 is 176 Å². The standard InChI is InChI=1S/2C13H13.2FH.Zr/c2*1-2-6-12(7-3-1)10-11-13-8-4-5-9-13;;;/h2*1-4,6-8H,5,10-11H2;2*1H;. The Morgan fingerprint density at radius 3 is 1.38 bits per heavy atom. The van der Waals surface area contributed by atoms with E-state index < -0.39 is 23.2 Å². The molecule has 2 aliphatic rings. The van der Waals surface area contributed by atoms with Gasteiger partial charge in [0.2, 0.25) is 0 Å². The molecule has 0 N–H and O–H groups in total. The molecule has 0 atom stereocenters. The van der Waals surface area contributed by atoms with Crippen LogP contribution in [0.25, 0.3) is 0 Å². The molecule has 2 aromatic rings. The summed E-state index contributed by atoms with van der Waals surface area (Å²) in [5.41, 5.74) is 6.21. The van der Waals surface area contributed by atoms with Crippen LogP contribution in [0.5, 0.6) is 0 Å². The van der Waals surface area contributed by atoms with Gasteiger partial charge in [0.05, 0.1) is 0 Å². The van der Waals surface area contributed by atoms with Gasteiger partial charge in [-0.2, -0.15) is 0 Å². The predicted molar refractivity (Wildman–Crippen MR) is 116 cm³/mol. The predicted octanol–water partition coefficient (Wildman–Crippen LogP) is 7.07. The summed E-state index contributed by atoms with van der Waals surface area (Å²) in [7, 11) is 0. The minimum Gasteiger partial charge on any atom is -0.269 e. The first-order valence-electron chi connectivity index (χ1n) is 10.0. The summed E-state index contributed by atoms with van der Waals surface area (Å²) in [5.74, 6) is 0. The number of hydrogen-bond donors (Lipinski definition) is 0. The molecule has 0 aromatic heterocycles. The van der Waals surface area contributed by atoms with Crippen molar-refractivity contribution < 1.29 is 32.6 Å². The average Bonchev–Trinajstić information content (AvgIpc) is 3.36. The smallest absolute Gasteiger partial charge is 0.269 e. The first-order chi connectivity index (χ1) is 13.4. The van der Waals surface area contributed by atoms with Gasteiger partial charge in [0.1, 0.15) is 0 Å². The van der Waals surface area contributed by atoms with E-state index in [1.165, 1.54) is 49.7 Å². The van der Waals surface area contributed by atoms with Crippen molar-refractivity contribution in [2.75, 3.05) is 0 Å². The molecule has 29 heavy (non-hydrogen) atoms. The fraction of sp³-hybridized carbons (Fsp3) is 0.231. The fourth-order valence-electron chi connectivity index (χ4n) is 3.86. The van der Waals surface area contributed by atoms with Crippen molar-refractivity contribution in [2.45, 2.75) is 38.5 Å². The van der Waals surface area contributed by atoms with Crippen molar-refractivity contribution in [2.24, 2.45) is 0 Å². The average molecular weight is 470 g/mol. The molecular weight excluding hydrogens is 442 g/mol. The van der Waals surface area contributed by atoms with E-state index in [2.05, 4.69) is 85.0 Å². The number of halogens is 2. The Morgan fingerprint density at radius 1 is 0.552 bits per heavy atom. The van der Waals surface area contributed by atoms with Crippen molar-refractivity contribution in [1.82, 2.24) is 0 Å². The third-order valence-electron chi connectivity index (χ3n) is 5.41. The second-order valence-corrected chi connectivity index (χ2v) is 10.9.